The summed E-state index contributed by atoms with van der Waals surface area (Å²) in [4.78, 5) is 15.8. The van der Waals surface area contributed by atoms with Gasteiger partial charge in [0.2, 0.25) is 9.84 Å². The molecule has 138 valence electrons. The summed E-state index contributed by atoms with van der Waals surface area (Å²) < 4.78 is 25.0. The lowest BCUT2D eigenvalue weighted by molar-refractivity contribution is -0.107. The van der Waals surface area contributed by atoms with E-state index in [0.717, 1.165) is 33.8 Å². The lowest BCUT2D eigenvalue weighted by atomic mass is 10.0. The third-order valence-electron chi connectivity index (χ3n) is 4.51. The molecule has 1 heterocycles. The molecule has 0 unspecified atom stereocenters. The normalized spacial score (nSPS) is 11.9. The maximum absolute atomic E-state index is 12.5. The molecule has 4 aromatic rings. The standard InChI is InChI=1S/C23H17NO3S/c25-22(28(26,27)18-11-5-2-6-12-18)16-15-20-19-13-7-8-14-21(19)24-23(20)17-9-3-1-4-10-17/h1-16,24H/b16-15+. The number of aromatic nitrogens is 1. The van der Waals surface area contributed by atoms with Gasteiger partial charge in [-0.15, -0.1) is 0 Å². The second-order valence-corrected chi connectivity index (χ2v) is 8.17. The SMILES string of the molecule is O=C(/C=C/c1c(-c2ccccc2)[nH]c2ccccc12)S(=O)(=O)c1ccccc1. The first kappa shape index (κ1) is 17.9. The summed E-state index contributed by atoms with van der Waals surface area (Å²) in [6.45, 7) is 0. The molecule has 0 saturated carbocycles. The first-order valence-corrected chi connectivity index (χ1v) is 10.2. The molecule has 0 spiro atoms. The van der Waals surface area contributed by atoms with Crippen molar-refractivity contribution in [2.45, 2.75) is 4.90 Å². The van der Waals surface area contributed by atoms with E-state index in [9.17, 15) is 13.2 Å². The Balaban J connectivity index is 1.78. The molecule has 0 aliphatic rings. The number of hydrogen-bond donors (Lipinski definition) is 1. The number of carbonyl (C=O) groups is 1. The van der Waals surface area contributed by atoms with Gasteiger partial charge in [0.25, 0.3) is 5.12 Å². The zero-order chi connectivity index (χ0) is 19.6. The quantitative estimate of drug-likeness (QED) is 0.509. The monoisotopic (exact) mass is 387 g/mol. The molecule has 0 aliphatic carbocycles. The summed E-state index contributed by atoms with van der Waals surface area (Å²) in [5.74, 6) is 0. The number of benzene rings is 3. The molecule has 4 rings (SSSR count). The first-order chi connectivity index (χ1) is 13.6. The zero-order valence-electron chi connectivity index (χ0n) is 14.9. The van der Waals surface area contributed by atoms with Crippen LogP contribution in [0.1, 0.15) is 5.56 Å². The first-order valence-electron chi connectivity index (χ1n) is 8.76. The van der Waals surface area contributed by atoms with Crippen LogP contribution in [0.5, 0.6) is 0 Å². The molecule has 0 fully saturated rings. The van der Waals surface area contributed by atoms with Crippen molar-refractivity contribution < 1.29 is 13.2 Å². The topological polar surface area (TPSA) is 67.0 Å². The van der Waals surface area contributed by atoms with Crippen molar-refractivity contribution in [2.24, 2.45) is 0 Å². The van der Waals surface area contributed by atoms with E-state index in [1.807, 2.05) is 54.6 Å². The summed E-state index contributed by atoms with van der Waals surface area (Å²) in [6.07, 6.45) is 2.70. The lowest BCUT2D eigenvalue weighted by Gasteiger charge is -2.02. The van der Waals surface area contributed by atoms with Crippen LogP contribution in [0.3, 0.4) is 0 Å². The fourth-order valence-corrected chi connectivity index (χ4v) is 4.12. The molecule has 0 saturated heterocycles. The summed E-state index contributed by atoms with van der Waals surface area (Å²) >= 11 is 0. The molecule has 0 radical (unpaired) electrons. The number of nitrogens with one attached hydrogen (secondary N) is 1. The molecule has 0 atom stereocenters. The minimum Gasteiger partial charge on any atom is -0.354 e. The van der Waals surface area contributed by atoms with E-state index in [4.69, 9.17) is 0 Å². The van der Waals surface area contributed by atoms with Crippen molar-refractivity contribution in [3.05, 3.63) is 96.6 Å². The average Bonchev–Trinajstić information content (AvgIpc) is 3.12. The highest BCUT2D eigenvalue weighted by molar-refractivity contribution is 8.06. The minimum atomic E-state index is -4.06. The largest absolute Gasteiger partial charge is 0.354 e. The van der Waals surface area contributed by atoms with Crippen LogP contribution in [0.15, 0.2) is 95.9 Å². The van der Waals surface area contributed by atoms with E-state index in [-0.39, 0.29) is 4.90 Å². The number of aromatic amines is 1. The van der Waals surface area contributed by atoms with Gasteiger partial charge in [0.1, 0.15) is 0 Å². The van der Waals surface area contributed by atoms with Gasteiger partial charge in [-0.3, -0.25) is 4.79 Å². The van der Waals surface area contributed by atoms with Crippen molar-refractivity contribution >= 4 is 31.9 Å². The molecular formula is C23H17NO3S. The summed E-state index contributed by atoms with van der Waals surface area (Å²) in [5.41, 5.74) is 3.48. The Morgan fingerprint density at radius 3 is 2.11 bits per heavy atom. The van der Waals surface area contributed by atoms with Gasteiger partial charge < -0.3 is 4.98 Å². The van der Waals surface area contributed by atoms with E-state index in [0.29, 0.717) is 0 Å². The fraction of sp³-hybridized carbons (Fsp3) is 0. The van der Waals surface area contributed by atoms with Crippen molar-refractivity contribution in [1.29, 1.82) is 0 Å². The Morgan fingerprint density at radius 1 is 0.786 bits per heavy atom. The molecular weight excluding hydrogens is 370 g/mol. The molecule has 4 nitrogen and oxygen atoms in total. The van der Waals surface area contributed by atoms with Crippen LogP contribution < -0.4 is 0 Å². The molecule has 28 heavy (non-hydrogen) atoms. The Bertz CT molecular complexity index is 1270. The number of rotatable bonds is 4. The number of H-pyrrole nitrogens is 1. The highest BCUT2D eigenvalue weighted by Crippen LogP contribution is 2.31. The Morgan fingerprint density at radius 2 is 1.39 bits per heavy atom. The highest BCUT2D eigenvalue weighted by atomic mass is 32.2. The molecule has 0 bridgehead atoms. The fourth-order valence-electron chi connectivity index (χ4n) is 3.13. The Labute approximate surface area is 163 Å². The van der Waals surface area contributed by atoms with Crippen LogP contribution in [0.25, 0.3) is 28.2 Å². The van der Waals surface area contributed by atoms with Crippen LogP contribution in [0.2, 0.25) is 0 Å². The summed E-state index contributed by atoms with van der Waals surface area (Å²) in [7, 11) is -4.06. The van der Waals surface area contributed by atoms with Crippen LogP contribution >= 0.6 is 0 Å². The maximum Gasteiger partial charge on any atom is 0.274 e. The molecule has 1 N–H and O–H groups in total. The summed E-state index contributed by atoms with van der Waals surface area (Å²) in [5, 5.41) is -0.0227. The van der Waals surface area contributed by atoms with Crippen LogP contribution in [0.4, 0.5) is 0 Å². The van der Waals surface area contributed by atoms with Crippen molar-refractivity contribution in [1.82, 2.24) is 4.98 Å². The average molecular weight is 387 g/mol. The van der Waals surface area contributed by atoms with Crippen molar-refractivity contribution in [3.63, 3.8) is 0 Å². The molecule has 0 amide bonds. The second-order valence-electron chi connectivity index (χ2n) is 6.29. The van der Waals surface area contributed by atoms with Gasteiger partial charge in [0.15, 0.2) is 0 Å². The van der Waals surface area contributed by atoms with Gasteiger partial charge in [-0.05, 0) is 35.9 Å². The van der Waals surface area contributed by atoms with Crippen molar-refractivity contribution in [3.8, 4) is 11.3 Å². The molecule has 1 aromatic heterocycles. The molecule has 5 heteroatoms. The molecule has 3 aromatic carbocycles. The van der Waals surface area contributed by atoms with Gasteiger partial charge in [-0.1, -0.05) is 66.7 Å². The van der Waals surface area contributed by atoms with Crippen LogP contribution in [-0.2, 0) is 14.6 Å². The van der Waals surface area contributed by atoms with Crippen LogP contribution in [0, 0.1) is 0 Å². The van der Waals surface area contributed by atoms with E-state index in [2.05, 4.69) is 4.98 Å². The minimum absolute atomic E-state index is 0.00754. The maximum atomic E-state index is 12.5. The predicted molar refractivity (Wildman–Crippen MR) is 111 cm³/mol. The van der Waals surface area contributed by atoms with E-state index < -0.39 is 15.0 Å². The number of para-hydroxylation sites is 1. The van der Waals surface area contributed by atoms with E-state index in [1.54, 1.807) is 24.3 Å². The number of carbonyl (C=O) groups excluding carboxylic acids is 1. The van der Waals surface area contributed by atoms with Gasteiger partial charge in [0, 0.05) is 16.5 Å². The van der Waals surface area contributed by atoms with Gasteiger partial charge in [0.05, 0.1) is 10.6 Å². The van der Waals surface area contributed by atoms with Crippen LogP contribution in [-0.4, -0.2) is 18.5 Å². The van der Waals surface area contributed by atoms with Gasteiger partial charge in [-0.2, -0.15) is 0 Å². The summed E-state index contributed by atoms with van der Waals surface area (Å²) in [6, 6.07) is 25.2. The number of fused-ring (bicyclic) bond motifs is 1. The molecule has 0 aliphatic heterocycles. The Kier molecular flexibility index (Phi) is 4.67. The van der Waals surface area contributed by atoms with Crippen molar-refractivity contribution in [2.75, 3.05) is 0 Å². The van der Waals surface area contributed by atoms with Gasteiger partial charge in [-0.25, -0.2) is 8.42 Å². The van der Waals surface area contributed by atoms with Gasteiger partial charge >= 0.3 is 0 Å². The third kappa shape index (κ3) is 3.28. The number of hydrogen-bond acceptors (Lipinski definition) is 3. The smallest absolute Gasteiger partial charge is 0.274 e. The highest BCUT2D eigenvalue weighted by Gasteiger charge is 2.22. The predicted octanol–water partition coefficient (Wildman–Crippen LogP) is 4.85. The third-order valence-corrected chi connectivity index (χ3v) is 6.07. The zero-order valence-corrected chi connectivity index (χ0v) is 15.7. The lowest BCUT2D eigenvalue weighted by Crippen LogP contribution is -2.12. The number of sulfone groups is 1. The Hall–Kier alpha value is -3.44. The van der Waals surface area contributed by atoms with E-state index in [1.165, 1.54) is 12.1 Å². The second kappa shape index (κ2) is 7.29. The van der Waals surface area contributed by atoms with E-state index >= 15 is 0 Å².